The molecular weight excluding hydrogens is 308 g/mol. The zero-order chi connectivity index (χ0) is 16.7. The van der Waals surface area contributed by atoms with Crippen LogP contribution in [0.4, 0.5) is 0 Å². The van der Waals surface area contributed by atoms with Crippen LogP contribution in [0.1, 0.15) is 28.8 Å². The smallest absolute Gasteiger partial charge is 0.258 e. The van der Waals surface area contributed by atoms with Crippen molar-refractivity contribution >= 4 is 5.78 Å². The van der Waals surface area contributed by atoms with Crippen molar-refractivity contribution in [1.29, 1.82) is 0 Å². The predicted molar refractivity (Wildman–Crippen MR) is 87.2 cm³/mol. The summed E-state index contributed by atoms with van der Waals surface area (Å²) in [6.07, 6.45) is 1.58. The first-order chi connectivity index (χ1) is 11.6. The molecule has 0 saturated heterocycles. The van der Waals surface area contributed by atoms with Crippen molar-refractivity contribution in [2.75, 3.05) is 14.2 Å². The van der Waals surface area contributed by atoms with Crippen LogP contribution < -0.4 is 18.9 Å². The van der Waals surface area contributed by atoms with E-state index in [2.05, 4.69) is 0 Å². The van der Waals surface area contributed by atoms with Crippen LogP contribution in [0.15, 0.2) is 36.4 Å². The summed E-state index contributed by atoms with van der Waals surface area (Å²) in [5.41, 5.74) is 1.64. The Bertz CT molecular complexity index is 813. The third-order valence-electron chi connectivity index (χ3n) is 4.55. The van der Waals surface area contributed by atoms with Crippen molar-refractivity contribution < 1.29 is 23.7 Å². The van der Waals surface area contributed by atoms with Gasteiger partial charge in [0.05, 0.1) is 26.2 Å². The predicted octanol–water partition coefficient (Wildman–Crippen LogP) is 3.39. The number of carbonyl (C=O) groups excluding carboxylic acids is 1. The van der Waals surface area contributed by atoms with Crippen LogP contribution in [0.3, 0.4) is 0 Å². The van der Waals surface area contributed by atoms with E-state index < -0.39 is 5.79 Å². The number of benzene rings is 2. The molecule has 0 aromatic heterocycles. The lowest BCUT2D eigenvalue weighted by atomic mass is 9.91. The van der Waals surface area contributed by atoms with Crippen molar-refractivity contribution in [1.82, 2.24) is 0 Å². The lowest BCUT2D eigenvalue weighted by molar-refractivity contribution is -0.129. The van der Waals surface area contributed by atoms with E-state index in [-0.39, 0.29) is 12.2 Å². The van der Waals surface area contributed by atoms with Crippen molar-refractivity contribution in [3.63, 3.8) is 0 Å². The van der Waals surface area contributed by atoms with Crippen LogP contribution in [0.5, 0.6) is 23.0 Å². The Hall–Kier alpha value is -2.69. The normalized spacial score (nSPS) is 21.3. The highest BCUT2D eigenvalue weighted by molar-refractivity contribution is 6.00. The highest BCUT2D eigenvalue weighted by Crippen LogP contribution is 2.43. The molecule has 2 aliphatic rings. The fraction of sp³-hybridized carbons (Fsp3) is 0.316. The minimum absolute atomic E-state index is 0.0239. The Labute approximate surface area is 140 Å². The van der Waals surface area contributed by atoms with Gasteiger partial charge in [0.25, 0.3) is 5.79 Å². The summed E-state index contributed by atoms with van der Waals surface area (Å²) >= 11 is 0. The number of ether oxygens (including phenoxy) is 4. The molecule has 1 unspecified atom stereocenters. The summed E-state index contributed by atoms with van der Waals surface area (Å²) in [6.45, 7) is 0. The number of Topliss-reactive ketones (excluding diaryl/α,β-unsaturated/α-hetero) is 1. The first-order valence-electron chi connectivity index (χ1n) is 7.89. The van der Waals surface area contributed by atoms with Crippen LogP contribution in [-0.2, 0) is 6.42 Å². The molecule has 0 N–H and O–H groups in total. The summed E-state index contributed by atoms with van der Waals surface area (Å²) in [5.74, 6) is 1.78. The summed E-state index contributed by atoms with van der Waals surface area (Å²) in [4.78, 5) is 12.6. The molecule has 2 heterocycles. The molecule has 0 fully saturated rings. The molecule has 2 aliphatic heterocycles. The fourth-order valence-corrected chi connectivity index (χ4v) is 3.27. The molecule has 2 aromatic rings. The summed E-state index contributed by atoms with van der Waals surface area (Å²) < 4.78 is 22.7. The van der Waals surface area contributed by atoms with Crippen LogP contribution >= 0.6 is 0 Å². The molecule has 1 atom stereocenters. The van der Waals surface area contributed by atoms with E-state index in [1.165, 1.54) is 0 Å². The molecule has 24 heavy (non-hydrogen) atoms. The van der Waals surface area contributed by atoms with Gasteiger partial charge in [0.2, 0.25) is 0 Å². The minimum Gasteiger partial charge on any atom is -0.497 e. The van der Waals surface area contributed by atoms with Gasteiger partial charge in [0, 0.05) is 12.5 Å². The van der Waals surface area contributed by atoms with Crippen molar-refractivity contribution in [2.45, 2.75) is 25.0 Å². The molecule has 5 heteroatoms. The largest absolute Gasteiger partial charge is 0.497 e. The highest BCUT2D eigenvalue weighted by atomic mass is 16.7. The SMILES string of the molecule is COc1ccc2c(c1)CCC1(CC(=O)c3ccc(OC)cc3O1)O2. The summed E-state index contributed by atoms with van der Waals surface area (Å²) in [6, 6.07) is 10.9. The zero-order valence-corrected chi connectivity index (χ0v) is 13.6. The third-order valence-corrected chi connectivity index (χ3v) is 4.55. The molecule has 0 amide bonds. The zero-order valence-electron chi connectivity index (χ0n) is 13.6. The molecule has 1 spiro atoms. The van der Waals surface area contributed by atoms with Crippen molar-refractivity contribution in [2.24, 2.45) is 0 Å². The number of carbonyl (C=O) groups is 1. The molecule has 5 nitrogen and oxygen atoms in total. The third kappa shape index (κ3) is 2.37. The number of aryl methyl sites for hydroxylation is 1. The fourth-order valence-electron chi connectivity index (χ4n) is 3.27. The van der Waals surface area contributed by atoms with Gasteiger partial charge < -0.3 is 18.9 Å². The number of ketones is 1. The van der Waals surface area contributed by atoms with Gasteiger partial charge in [-0.25, -0.2) is 0 Å². The lowest BCUT2D eigenvalue weighted by Gasteiger charge is -2.41. The summed E-state index contributed by atoms with van der Waals surface area (Å²) in [5, 5.41) is 0. The van der Waals surface area contributed by atoms with Crippen LogP contribution in [-0.4, -0.2) is 25.8 Å². The van der Waals surface area contributed by atoms with Gasteiger partial charge in [0.1, 0.15) is 23.0 Å². The van der Waals surface area contributed by atoms with E-state index in [4.69, 9.17) is 18.9 Å². The standard InChI is InChI=1S/C19H18O5/c1-21-13-4-6-17-12(9-13)7-8-19(23-17)11-16(20)15-5-3-14(22-2)10-18(15)24-19/h3-6,9-10H,7-8,11H2,1-2H3. The topological polar surface area (TPSA) is 54.0 Å². The number of hydrogen-bond acceptors (Lipinski definition) is 5. The second kappa shape index (κ2) is 5.44. The highest BCUT2D eigenvalue weighted by Gasteiger charge is 2.45. The molecule has 2 aromatic carbocycles. The van der Waals surface area contributed by atoms with Crippen LogP contribution in [0, 0.1) is 0 Å². The second-order valence-corrected chi connectivity index (χ2v) is 6.05. The first kappa shape index (κ1) is 14.9. The van der Waals surface area contributed by atoms with E-state index in [0.717, 1.165) is 23.5 Å². The molecule has 124 valence electrons. The Morgan fingerprint density at radius 2 is 1.67 bits per heavy atom. The Balaban J connectivity index is 1.68. The lowest BCUT2D eigenvalue weighted by Crippen LogP contribution is -2.49. The Kier molecular flexibility index (Phi) is 3.37. The monoisotopic (exact) mass is 326 g/mol. The van der Waals surface area contributed by atoms with Gasteiger partial charge in [0.15, 0.2) is 5.78 Å². The average Bonchev–Trinajstić information content (AvgIpc) is 2.60. The number of methoxy groups -OCH3 is 2. The van der Waals surface area contributed by atoms with E-state index >= 15 is 0 Å². The van der Waals surface area contributed by atoms with E-state index in [1.807, 2.05) is 18.2 Å². The Morgan fingerprint density at radius 1 is 0.958 bits per heavy atom. The first-order valence-corrected chi connectivity index (χ1v) is 7.89. The van der Waals surface area contributed by atoms with E-state index in [1.54, 1.807) is 32.4 Å². The molecule has 0 aliphatic carbocycles. The molecule has 0 radical (unpaired) electrons. The molecule has 4 rings (SSSR count). The number of fused-ring (bicyclic) bond motifs is 2. The maximum absolute atomic E-state index is 12.6. The summed E-state index contributed by atoms with van der Waals surface area (Å²) in [7, 11) is 3.23. The van der Waals surface area contributed by atoms with E-state index in [9.17, 15) is 4.79 Å². The number of hydrogen-bond donors (Lipinski definition) is 0. The van der Waals surface area contributed by atoms with Gasteiger partial charge in [-0.05, 0) is 42.3 Å². The molecule has 0 saturated carbocycles. The quantitative estimate of drug-likeness (QED) is 0.847. The average molecular weight is 326 g/mol. The minimum atomic E-state index is -0.946. The van der Waals surface area contributed by atoms with Crippen molar-refractivity contribution in [3.05, 3.63) is 47.5 Å². The second-order valence-electron chi connectivity index (χ2n) is 6.05. The van der Waals surface area contributed by atoms with Gasteiger partial charge in [-0.15, -0.1) is 0 Å². The van der Waals surface area contributed by atoms with Crippen LogP contribution in [0.2, 0.25) is 0 Å². The van der Waals surface area contributed by atoms with Gasteiger partial charge >= 0.3 is 0 Å². The van der Waals surface area contributed by atoms with E-state index in [0.29, 0.717) is 23.5 Å². The Morgan fingerprint density at radius 3 is 2.46 bits per heavy atom. The van der Waals surface area contributed by atoms with Crippen molar-refractivity contribution in [3.8, 4) is 23.0 Å². The van der Waals surface area contributed by atoms with Gasteiger partial charge in [-0.2, -0.15) is 0 Å². The van der Waals surface area contributed by atoms with Crippen LogP contribution in [0.25, 0.3) is 0 Å². The maximum Gasteiger partial charge on any atom is 0.258 e. The molecule has 0 bridgehead atoms. The molecular formula is C19H18O5. The maximum atomic E-state index is 12.6. The van der Waals surface area contributed by atoms with Gasteiger partial charge in [-0.1, -0.05) is 0 Å². The number of rotatable bonds is 2. The van der Waals surface area contributed by atoms with Gasteiger partial charge in [-0.3, -0.25) is 4.79 Å².